The molecular formula is C18H13BrClN7. The SMILES string of the molecule is CC(Nc1ncnc2c(Br)cc(Cl)cc12)c1nccnc1-c1ncccn1. The van der Waals surface area contributed by atoms with Crippen LogP contribution in [-0.4, -0.2) is 29.9 Å². The van der Waals surface area contributed by atoms with Gasteiger partial charge in [-0.15, -0.1) is 0 Å². The summed E-state index contributed by atoms with van der Waals surface area (Å²) in [6.07, 6.45) is 8.13. The van der Waals surface area contributed by atoms with Gasteiger partial charge in [0.25, 0.3) is 0 Å². The number of rotatable bonds is 4. The van der Waals surface area contributed by atoms with Gasteiger partial charge in [-0.05, 0) is 41.1 Å². The Morgan fingerprint density at radius 3 is 2.56 bits per heavy atom. The Balaban J connectivity index is 1.74. The fraction of sp³-hybridized carbons (Fsp3) is 0.111. The van der Waals surface area contributed by atoms with Crippen LogP contribution in [0, 0.1) is 0 Å². The van der Waals surface area contributed by atoms with Gasteiger partial charge in [0, 0.05) is 39.7 Å². The number of hydrogen-bond donors (Lipinski definition) is 1. The number of halogens is 2. The molecule has 0 aliphatic rings. The Labute approximate surface area is 168 Å². The van der Waals surface area contributed by atoms with Crippen LogP contribution < -0.4 is 5.32 Å². The van der Waals surface area contributed by atoms with Gasteiger partial charge < -0.3 is 5.32 Å². The van der Waals surface area contributed by atoms with Crippen molar-refractivity contribution in [3.8, 4) is 11.5 Å². The van der Waals surface area contributed by atoms with Gasteiger partial charge in [0.15, 0.2) is 5.82 Å². The molecule has 0 amide bonds. The maximum atomic E-state index is 6.20. The van der Waals surface area contributed by atoms with Crippen molar-refractivity contribution < 1.29 is 0 Å². The topological polar surface area (TPSA) is 89.4 Å². The first-order valence-electron chi connectivity index (χ1n) is 8.08. The molecule has 1 unspecified atom stereocenters. The average Bonchev–Trinajstić information content (AvgIpc) is 2.69. The molecule has 134 valence electrons. The third-order valence-corrected chi connectivity index (χ3v) is 4.75. The molecule has 4 rings (SSSR count). The van der Waals surface area contributed by atoms with E-state index in [-0.39, 0.29) is 6.04 Å². The second-order valence-corrected chi connectivity index (χ2v) is 7.03. The van der Waals surface area contributed by atoms with Crippen LogP contribution in [0.25, 0.3) is 22.4 Å². The maximum absolute atomic E-state index is 6.20. The predicted octanol–water partition coefficient (Wildman–Crippen LogP) is 4.47. The monoisotopic (exact) mass is 441 g/mol. The van der Waals surface area contributed by atoms with E-state index in [4.69, 9.17) is 11.6 Å². The molecule has 4 aromatic rings. The minimum absolute atomic E-state index is 0.201. The first kappa shape index (κ1) is 17.7. The van der Waals surface area contributed by atoms with Crippen LogP contribution in [0.15, 0.2) is 53.8 Å². The lowest BCUT2D eigenvalue weighted by Crippen LogP contribution is -2.13. The van der Waals surface area contributed by atoms with Crippen LogP contribution in [0.3, 0.4) is 0 Å². The smallest absolute Gasteiger partial charge is 0.180 e. The molecule has 0 spiro atoms. The zero-order valence-corrected chi connectivity index (χ0v) is 16.5. The first-order valence-corrected chi connectivity index (χ1v) is 9.25. The lowest BCUT2D eigenvalue weighted by molar-refractivity contribution is 0.822. The van der Waals surface area contributed by atoms with Gasteiger partial charge >= 0.3 is 0 Å². The van der Waals surface area contributed by atoms with Gasteiger partial charge in [0.1, 0.15) is 17.8 Å². The third kappa shape index (κ3) is 3.58. The second kappa shape index (κ2) is 7.50. The van der Waals surface area contributed by atoms with Crippen molar-refractivity contribution in [2.45, 2.75) is 13.0 Å². The van der Waals surface area contributed by atoms with Gasteiger partial charge in [0.05, 0.1) is 17.3 Å². The van der Waals surface area contributed by atoms with E-state index in [9.17, 15) is 0 Å². The molecule has 3 aromatic heterocycles. The summed E-state index contributed by atoms with van der Waals surface area (Å²) in [6, 6.07) is 5.19. The minimum Gasteiger partial charge on any atom is -0.361 e. The van der Waals surface area contributed by atoms with E-state index in [1.54, 1.807) is 36.9 Å². The van der Waals surface area contributed by atoms with Crippen molar-refractivity contribution in [3.05, 3.63) is 64.5 Å². The average molecular weight is 443 g/mol. The van der Waals surface area contributed by atoms with Gasteiger partial charge in [-0.1, -0.05) is 11.6 Å². The van der Waals surface area contributed by atoms with Crippen molar-refractivity contribution in [3.63, 3.8) is 0 Å². The van der Waals surface area contributed by atoms with E-state index in [1.165, 1.54) is 6.33 Å². The molecule has 0 aliphatic carbocycles. The lowest BCUT2D eigenvalue weighted by Gasteiger charge is -2.17. The summed E-state index contributed by atoms with van der Waals surface area (Å²) in [5.74, 6) is 1.17. The van der Waals surface area contributed by atoms with Crippen LogP contribution in [0.1, 0.15) is 18.7 Å². The Morgan fingerprint density at radius 1 is 0.963 bits per heavy atom. The highest BCUT2D eigenvalue weighted by atomic mass is 79.9. The van der Waals surface area contributed by atoms with Gasteiger partial charge in [-0.3, -0.25) is 4.98 Å². The van der Waals surface area contributed by atoms with Gasteiger partial charge in [-0.25, -0.2) is 24.9 Å². The van der Waals surface area contributed by atoms with E-state index in [1.807, 2.05) is 13.0 Å². The molecule has 7 nitrogen and oxygen atoms in total. The van der Waals surface area contributed by atoms with Gasteiger partial charge in [0.2, 0.25) is 0 Å². The van der Waals surface area contributed by atoms with E-state index in [0.717, 1.165) is 21.1 Å². The fourth-order valence-electron chi connectivity index (χ4n) is 2.74. The zero-order chi connectivity index (χ0) is 18.8. The first-order chi connectivity index (χ1) is 13.1. The summed E-state index contributed by atoms with van der Waals surface area (Å²) in [6.45, 7) is 1.98. The van der Waals surface area contributed by atoms with Crippen LogP contribution in [0.4, 0.5) is 5.82 Å². The Morgan fingerprint density at radius 2 is 1.74 bits per heavy atom. The standard InChI is InChI=1S/C18H13BrClN7/c1-10(14-16(22-6-5-21-14)18-23-3-2-4-24-18)27-17-12-7-11(20)8-13(19)15(12)25-9-26-17/h2-10H,1H3,(H,25,26,27). The highest BCUT2D eigenvalue weighted by Gasteiger charge is 2.18. The third-order valence-electron chi connectivity index (χ3n) is 3.92. The number of nitrogens with zero attached hydrogens (tertiary/aromatic N) is 6. The van der Waals surface area contributed by atoms with E-state index >= 15 is 0 Å². The number of benzene rings is 1. The molecule has 0 saturated heterocycles. The van der Waals surface area contributed by atoms with Crippen molar-refractivity contribution in [2.24, 2.45) is 0 Å². The van der Waals surface area contributed by atoms with E-state index in [2.05, 4.69) is 51.2 Å². The van der Waals surface area contributed by atoms with Crippen LogP contribution >= 0.6 is 27.5 Å². The van der Waals surface area contributed by atoms with Crippen LogP contribution in [0.5, 0.6) is 0 Å². The highest BCUT2D eigenvalue weighted by molar-refractivity contribution is 9.10. The summed E-state index contributed by atoms with van der Waals surface area (Å²) in [4.78, 5) is 26.2. The summed E-state index contributed by atoms with van der Waals surface area (Å²) in [7, 11) is 0. The Bertz CT molecular complexity index is 1110. The Kier molecular flexibility index (Phi) is 4.91. The summed E-state index contributed by atoms with van der Waals surface area (Å²) in [5.41, 5.74) is 2.11. The zero-order valence-electron chi connectivity index (χ0n) is 14.1. The number of aromatic nitrogens is 6. The van der Waals surface area contributed by atoms with Gasteiger partial charge in [-0.2, -0.15) is 0 Å². The summed E-state index contributed by atoms with van der Waals surface area (Å²) < 4.78 is 0.806. The van der Waals surface area contributed by atoms with Crippen molar-refractivity contribution in [1.82, 2.24) is 29.9 Å². The summed E-state index contributed by atoms with van der Waals surface area (Å²) >= 11 is 9.70. The van der Waals surface area contributed by atoms with Crippen molar-refractivity contribution >= 4 is 44.3 Å². The van der Waals surface area contributed by atoms with Crippen LogP contribution in [0.2, 0.25) is 5.02 Å². The number of nitrogens with one attached hydrogen (secondary N) is 1. The molecule has 1 N–H and O–H groups in total. The molecule has 0 radical (unpaired) electrons. The Hall–Kier alpha value is -2.71. The largest absolute Gasteiger partial charge is 0.361 e. The quantitative estimate of drug-likeness (QED) is 0.499. The highest BCUT2D eigenvalue weighted by Crippen LogP contribution is 2.32. The molecule has 0 aliphatic heterocycles. The minimum atomic E-state index is -0.201. The summed E-state index contributed by atoms with van der Waals surface area (Å²) in [5, 5.41) is 4.78. The molecule has 1 atom stereocenters. The molecular weight excluding hydrogens is 430 g/mol. The number of anilines is 1. The normalized spacial score (nSPS) is 12.1. The van der Waals surface area contributed by atoms with Crippen molar-refractivity contribution in [1.29, 1.82) is 0 Å². The molecule has 0 bridgehead atoms. The predicted molar refractivity (Wildman–Crippen MR) is 107 cm³/mol. The molecule has 9 heteroatoms. The number of hydrogen-bond acceptors (Lipinski definition) is 7. The number of fused-ring (bicyclic) bond motifs is 1. The second-order valence-electron chi connectivity index (χ2n) is 5.73. The molecule has 3 heterocycles. The van der Waals surface area contributed by atoms with E-state index < -0.39 is 0 Å². The van der Waals surface area contributed by atoms with E-state index in [0.29, 0.717) is 22.4 Å². The molecule has 1 aromatic carbocycles. The lowest BCUT2D eigenvalue weighted by atomic mass is 10.1. The molecule has 0 fully saturated rings. The molecule has 27 heavy (non-hydrogen) atoms. The fourth-order valence-corrected chi connectivity index (χ4v) is 3.65. The maximum Gasteiger partial charge on any atom is 0.180 e. The van der Waals surface area contributed by atoms with Crippen molar-refractivity contribution in [2.75, 3.05) is 5.32 Å². The molecule has 0 saturated carbocycles. The van der Waals surface area contributed by atoms with Crippen LogP contribution in [-0.2, 0) is 0 Å².